The molecule has 1 aliphatic heterocycles. The van der Waals surface area contributed by atoms with Crippen molar-refractivity contribution < 1.29 is 19.1 Å². The summed E-state index contributed by atoms with van der Waals surface area (Å²) >= 11 is 0. The molecule has 1 aromatic rings. The van der Waals surface area contributed by atoms with Gasteiger partial charge < -0.3 is 19.7 Å². The predicted molar refractivity (Wildman–Crippen MR) is 88.0 cm³/mol. The summed E-state index contributed by atoms with van der Waals surface area (Å²) in [6.07, 6.45) is 3.43. The van der Waals surface area contributed by atoms with Crippen molar-refractivity contribution in [2.45, 2.75) is 32.6 Å². The summed E-state index contributed by atoms with van der Waals surface area (Å²) < 4.78 is 10.5. The second-order valence-corrected chi connectivity index (χ2v) is 5.70. The number of likely N-dealkylation sites (tertiary alicyclic amines) is 1. The zero-order chi connectivity index (χ0) is 16.8. The SMILES string of the molecule is COc1cc(C)c(NC(=O)CN2CCCCCC2=O)cc1OC. The molecule has 1 heterocycles. The lowest BCUT2D eigenvalue weighted by Gasteiger charge is -2.20. The average molecular weight is 320 g/mol. The first-order valence-corrected chi connectivity index (χ1v) is 7.85. The van der Waals surface area contributed by atoms with Crippen molar-refractivity contribution >= 4 is 17.5 Å². The van der Waals surface area contributed by atoms with Crippen LogP contribution in [0.25, 0.3) is 0 Å². The number of aryl methyl sites for hydroxylation is 1. The number of carbonyl (C=O) groups is 2. The molecule has 2 amide bonds. The van der Waals surface area contributed by atoms with E-state index in [9.17, 15) is 9.59 Å². The van der Waals surface area contributed by atoms with Crippen LogP contribution in [0.5, 0.6) is 11.5 Å². The number of nitrogens with zero attached hydrogens (tertiary/aromatic N) is 1. The molecule has 1 aromatic carbocycles. The Morgan fingerprint density at radius 2 is 1.87 bits per heavy atom. The summed E-state index contributed by atoms with van der Waals surface area (Å²) in [5.74, 6) is 1.03. The molecule has 0 saturated carbocycles. The zero-order valence-electron chi connectivity index (χ0n) is 14.0. The summed E-state index contributed by atoms with van der Waals surface area (Å²) in [6, 6.07) is 3.54. The molecule has 0 aliphatic carbocycles. The number of hydrogen-bond donors (Lipinski definition) is 1. The molecule has 1 fully saturated rings. The minimum atomic E-state index is -0.199. The zero-order valence-corrected chi connectivity index (χ0v) is 14.0. The van der Waals surface area contributed by atoms with Crippen molar-refractivity contribution in [3.63, 3.8) is 0 Å². The highest BCUT2D eigenvalue weighted by atomic mass is 16.5. The van der Waals surface area contributed by atoms with E-state index in [0.717, 1.165) is 24.8 Å². The largest absolute Gasteiger partial charge is 0.493 e. The van der Waals surface area contributed by atoms with E-state index in [1.54, 1.807) is 25.2 Å². The standard InChI is InChI=1S/C17H24N2O4/c1-12-9-14(22-2)15(23-3)10-13(12)18-16(20)11-19-8-6-4-5-7-17(19)21/h9-10H,4-8,11H2,1-3H3,(H,18,20). The molecule has 0 bridgehead atoms. The molecule has 1 aliphatic rings. The van der Waals surface area contributed by atoms with Gasteiger partial charge >= 0.3 is 0 Å². The Balaban J connectivity index is 2.06. The van der Waals surface area contributed by atoms with E-state index >= 15 is 0 Å². The summed E-state index contributed by atoms with van der Waals surface area (Å²) in [5, 5.41) is 2.86. The van der Waals surface area contributed by atoms with Gasteiger partial charge in [-0.25, -0.2) is 0 Å². The topological polar surface area (TPSA) is 67.9 Å². The van der Waals surface area contributed by atoms with E-state index in [-0.39, 0.29) is 18.4 Å². The maximum Gasteiger partial charge on any atom is 0.244 e. The second-order valence-electron chi connectivity index (χ2n) is 5.70. The van der Waals surface area contributed by atoms with Gasteiger partial charge in [-0.2, -0.15) is 0 Å². The number of benzene rings is 1. The van der Waals surface area contributed by atoms with Crippen molar-refractivity contribution in [3.8, 4) is 11.5 Å². The minimum absolute atomic E-state index is 0.0571. The number of methoxy groups -OCH3 is 2. The second kappa shape index (κ2) is 7.85. The van der Waals surface area contributed by atoms with Gasteiger partial charge in [0.15, 0.2) is 11.5 Å². The Hall–Kier alpha value is -2.24. The van der Waals surface area contributed by atoms with E-state index < -0.39 is 0 Å². The van der Waals surface area contributed by atoms with Crippen LogP contribution in [-0.2, 0) is 9.59 Å². The highest BCUT2D eigenvalue weighted by molar-refractivity contribution is 5.95. The van der Waals surface area contributed by atoms with E-state index in [1.165, 1.54) is 0 Å². The Kier molecular flexibility index (Phi) is 5.84. The molecule has 2 rings (SSSR count). The predicted octanol–water partition coefficient (Wildman–Crippen LogP) is 2.35. The summed E-state index contributed by atoms with van der Waals surface area (Å²) in [5.41, 5.74) is 1.54. The van der Waals surface area contributed by atoms with Crippen molar-refractivity contribution in [2.24, 2.45) is 0 Å². The number of carbonyl (C=O) groups excluding carboxylic acids is 2. The van der Waals surface area contributed by atoms with Gasteiger partial charge in [-0.15, -0.1) is 0 Å². The fourth-order valence-corrected chi connectivity index (χ4v) is 2.68. The lowest BCUT2D eigenvalue weighted by molar-refractivity contribution is -0.134. The number of hydrogen-bond acceptors (Lipinski definition) is 4. The highest BCUT2D eigenvalue weighted by Crippen LogP contribution is 2.32. The average Bonchev–Trinajstić information content (AvgIpc) is 2.73. The quantitative estimate of drug-likeness (QED) is 0.904. The van der Waals surface area contributed by atoms with Crippen LogP contribution < -0.4 is 14.8 Å². The van der Waals surface area contributed by atoms with E-state index in [2.05, 4.69) is 5.32 Å². The minimum Gasteiger partial charge on any atom is -0.493 e. The third kappa shape index (κ3) is 4.37. The molecule has 6 nitrogen and oxygen atoms in total. The van der Waals surface area contributed by atoms with E-state index in [4.69, 9.17) is 9.47 Å². The molecule has 1 saturated heterocycles. The number of nitrogens with one attached hydrogen (secondary N) is 1. The normalized spacial score (nSPS) is 15.1. The molecule has 0 aromatic heterocycles. The molecular weight excluding hydrogens is 296 g/mol. The van der Waals surface area contributed by atoms with Gasteiger partial charge in [0.1, 0.15) is 0 Å². The highest BCUT2D eigenvalue weighted by Gasteiger charge is 2.20. The van der Waals surface area contributed by atoms with Crippen molar-refractivity contribution in [2.75, 3.05) is 32.6 Å². The van der Waals surface area contributed by atoms with Crippen LogP contribution in [0.1, 0.15) is 31.2 Å². The number of ether oxygens (including phenoxy) is 2. The molecule has 0 spiro atoms. The van der Waals surface area contributed by atoms with Crippen LogP contribution in [-0.4, -0.2) is 44.0 Å². The lowest BCUT2D eigenvalue weighted by atomic mass is 10.1. The van der Waals surface area contributed by atoms with Gasteiger partial charge in [0, 0.05) is 24.7 Å². The van der Waals surface area contributed by atoms with Crippen LogP contribution in [0.3, 0.4) is 0 Å². The first-order valence-electron chi connectivity index (χ1n) is 7.85. The van der Waals surface area contributed by atoms with Crippen molar-refractivity contribution in [1.82, 2.24) is 4.90 Å². The molecule has 0 radical (unpaired) electrons. The molecule has 0 unspecified atom stereocenters. The Morgan fingerprint density at radius 1 is 1.17 bits per heavy atom. The van der Waals surface area contributed by atoms with Gasteiger partial charge in [0.05, 0.1) is 20.8 Å². The fraction of sp³-hybridized carbons (Fsp3) is 0.529. The smallest absolute Gasteiger partial charge is 0.244 e. The lowest BCUT2D eigenvalue weighted by Crippen LogP contribution is -2.37. The van der Waals surface area contributed by atoms with Gasteiger partial charge in [-0.1, -0.05) is 6.42 Å². The maximum absolute atomic E-state index is 12.3. The number of rotatable bonds is 5. The molecule has 23 heavy (non-hydrogen) atoms. The number of anilines is 1. The summed E-state index contributed by atoms with van der Waals surface area (Å²) in [7, 11) is 3.12. The molecular formula is C17H24N2O4. The molecule has 1 N–H and O–H groups in total. The first kappa shape index (κ1) is 17.1. The van der Waals surface area contributed by atoms with Crippen molar-refractivity contribution in [3.05, 3.63) is 17.7 Å². The Bertz CT molecular complexity index is 586. The Labute approximate surface area is 136 Å². The monoisotopic (exact) mass is 320 g/mol. The first-order chi connectivity index (χ1) is 11.0. The third-order valence-corrected chi connectivity index (χ3v) is 4.01. The van der Waals surface area contributed by atoms with Gasteiger partial charge in [-0.05, 0) is 31.4 Å². The van der Waals surface area contributed by atoms with Crippen molar-refractivity contribution in [1.29, 1.82) is 0 Å². The Morgan fingerprint density at radius 3 is 2.57 bits per heavy atom. The van der Waals surface area contributed by atoms with Gasteiger partial charge in [-0.3, -0.25) is 9.59 Å². The third-order valence-electron chi connectivity index (χ3n) is 4.01. The van der Waals surface area contributed by atoms with Crippen LogP contribution in [0.4, 0.5) is 5.69 Å². The summed E-state index contributed by atoms with van der Waals surface area (Å²) in [6.45, 7) is 2.62. The molecule has 0 atom stereocenters. The molecule has 6 heteroatoms. The van der Waals surface area contributed by atoms with Crippen LogP contribution >= 0.6 is 0 Å². The van der Waals surface area contributed by atoms with Crippen LogP contribution in [0, 0.1) is 6.92 Å². The van der Waals surface area contributed by atoms with E-state index in [1.807, 2.05) is 13.0 Å². The fourth-order valence-electron chi connectivity index (χ4n) is 2.68. The van der Waals surface area contributed by atoms with Crippen LogP contribution in [0.2, 0.25) is 0 Å². The summed E-state index contributed by atoms with van der Waals surface area (Å²) in [4.78, 5) is 25.9. The molecule has 126 valence electrons. The van der Waals surface area contributed by atoms with Gasteiger partial charge in [0.2, 0.25) is 11.8 Å². The van der Waals surface area contributed by atoms with E-state index in [0.29, 0.717) is 30.2 Å². The number of amides is 2. The van der Waals surface area contributed by atoms with Gasteiger partial charge in [0.25, 0.3) is 0 Å². The maximum atomic E-state index is 12.3. The van der Waals surface area contributed by atoms with Crippen LogP contribution in [0.15, 0.2) is 12.1 Å².